The van der Waals surface area contributed by atoms with Crippen LogP contribution in [0.2, 0.25) is 5.02 Å². The Labute approximate surface area is 122 Å². The molecule has 1 aliphatic heterocycles. The number of hydrogen-bond acceptors (Lipinski definition) is 3. The van der Waals surface area contributed by atoms with Crippen molar-refractivity contribution in [2.75, 3.05) is 4.90 Å². The van der Waals surface area contributed by atoms with Crippen LogP contribution in [0.5, 0.6) is 0 Å². The molecular weight excluding hydrogens is 280 g/mol. The Morgan fingerprint density at radius 2 is 2.20 bits per heavy atom. The number of nitrogens with zero attached hydrogens (tertiary/aromatic N) is 2. The number of rotatable bonds is 2. The highest BCUT2D eigenvalue weighted by Gasteiger charge is 2.43. The van der Waals surface area contributed by atoms with Gasteiger partial charge in [0.2, 0.25) is 5.69 Å². The van der Waals surface area contributed by atoms with E-state index in [-0.39, 0.29) is 0 Å². The van der Waals surface area contributed by atoms with Crippen molar-refractivity contribution >= 4 is 29.1 Å². The lowest BCUT2D eigenvalue weighted by Crippen LogP contribution is -2.44. The summed E-state index contributed by atoms with van der Waals surface area (Å²) in [6, 6.07) is 2.74. The Morgan fingerprint density at radius 3 is 2.75 bits per heavy atom. The average molecular weight is 295 g/mol. The predicted molar refractivity (Wildman–Crippen MR) is 76.3 cm³/mol. The molecule has 1 aliphatic rings. The summed E-state index contributed by atoms with van der Waals surface area (Å²) < 4.78 is 5.18. The molecule has 1 amide bonds. The van der Waals surface area contributed by atoms with Gasteiger partial charge in [0.25, 0.3) is 0 Å². The van der Waals surface area contributed by atoms with Crippen molar-refractivity contribution in [3.8, 4) is 0 Å². The summed E-state index contributed by atoms with van der Waals surface area (Å²) in [6.07, 6.45) is -1.67. The van der Waals surface area contributed by atoms with Crippen LogP contribution in [0.3, 0.4) is 0 Å². The van der Waals surface area contributed by atoms with Gasteiger partial charge in [-0.2, -0.15) is 0 Å². The molecule has 3 atom stereocenters. The molecule has 1 saturated heterocycles. The van der Waals surface area contributed by atoms with Gasteiger partial charge < -0.3 is 9.84 Å². The standard InChI is InChI=1S/C14H15ClN2O3/c1-7-11(6-5-10(16-4)12(7)15)17-13(8(2)18)9(3)20-14(17)19/h5-6,8-9,13,18H,1-3H3/t8-,9-,13+/m1/s1. The van der Waals surface area contributed by atoms with Crippen molar-refractivity contribution in [3.05, 3.63) is 34.1 Å². The quantitative estimate of drug-likeness (QED) is 0.852. The first-order valence-corrected chi connectivity index (χ1v) is 6.60. The monoisotopic (exact) mass is 294 g/mol. The van der Waals surface area contributed by atoms with Gasteiger partial charge in [-0.3, -0.25) is 4.90 Å². The zero-order chi connectivity index (χ0) is 15.0. The van der Waals surface area contributed by atoms with E-state index >= 15 is 0 Å². The Balaban J connectivity index is 2.53. The molecule has 106 valence electrons. The van der Waals surface area contributed by atoms with E-state index in [1.54, 1.807) is 32.9 Å². The zero-order valence-electron chi connectivity index (χ0n) is 11.4. The van der Waals surface area contributed by atoms with Gasteiger partial charge in [0.15, 0.2) is 0 Å². The van der Waals surface area contributed by atoms with Gasteiger partial charge in [-0.25, -0.2) is 9.64 Å². The third-order valence-corrected chi connectivity index (χ3v) is 3.95. The van der Waals surface area contributed by atoms with Gasteiger partial charge in [-0.05, 0) is 32.4 Å². The number of amides is 1. The molecule has 1 aromatic rings. The van der Waals surface area contributed by atoms with Crippen LogP contribution in [0, 0.1) is 13.5 Å². The molecule has 0 aromatic heterocycles. The summed E-state index contributed by atoms with van der Waals surface area (Å²) >= 11 is 6.13. The molecule has 0 radical (unpaired) electrons. The summed E-state index contributed by atoms with van der Waals surface area (Å²) in [5, 5.41) is 10.2. The molecule has 1 fully saturated rings. The molecule has 6 heteroatoms. The van der Waals surface area contributed by atoms with Crippen molar-refractivity contribution < 1.29 is 14.6 Å². The zero-order valence-corrected chi connectivity index (χ0v) is 12.2. The Kier molecular flexibility index (Phi) is 3.89. The van der Waals surface area contributed by atoms with Gasteiger partial charge >= 0.3 is 6.09 Å². The molecule has 0 spiro atoms. The molecule has 1 heterocycles. The lowest BCUT2D eigenvalue weighted by atomic mass is 10.0. The second-order valence-corrected chi connectivity index (χ2v) is 5.22. The number of ether oxygens (including phenoxy) is 1. The summed E-state index contributed by atoms with van der Waals surface area (Å²) in [5.74, 6) is 0. The lowest BCUT2D eigenvalue weighted by molar-refractivity contribution is 0.0994. The molecule has 1 N–H and O–H groups in total. The van der Waals surface area contributed by atoms with E-state index in [9.17, 15) is 9.90 Å². The number of cyclic esters (lactones) is 1. The van der Waals surface area contributed by atoms with Gasteiger partial charge in [0, 0.05) is 5.69 Å². The minimum Gasteiger partial charge on any atom is -0.444 e. The Hall–Kier alpha value is -1.77. The second-order valence-electron chi connectivity index (χ2n) is 4.84. The van der Waals surface area contributed by atoms with E-state index in [1.807, 2.05) is 0 Å². The SMILES string of the molecule is [C-]#[N+]c1ccc(N2C(=O)O[C@H](C)[C@@H]2[C@@H](C)O)c(C)c1Cl. The number of aliphatic hydroxyl groups is 1. The molecular formula is C14H15ClN2O3. The first-order valence-electron chi connectivity index (χ1n) is 6.23. The first kappa shape index (κ1) is 14.6. The summed E-state index contributed by atoms with van der Waals surface area (Å²) in [4.78, 5) is 16.7. The third-order valence-electron chi connectivity index (χ3n) is 3.47. The van der Waals surface area contributed by atoms with Crippen molar-refractivity contribution in [2.24, 2.45) is 0 Å². The van der Waals surface area contributed by atoms with Crippen LogP contribution in [0.15, 0.2) is 12.1 Å². The third kappa shape index (κ3) is 2.21. The topological polar surface area (TPSA) is 54.1 Å². The minimum atomic E-state index is -0.741. The molecule has 0 saturated carbocycles. The molecule has 0 unspecified atom stereocenters. The Bertz CT molecular complexity index is 595. The fourth-order valence-electron chi connectivity index (χ4n) is 2.49. The lowest BCUT2D eigenvalue weighted by Gasteiger charge is -2.27. The highest BCUT2D eigenvalue weighted by atomic mass is 35.5. The van der Waals surface area contributed by atoms with Crippen molar-refractivity contribution in [1.29, 1.82) is 0 Å². The van der Waals surface area contributed by atoms with Gasteiger partial charge in [0.05, 0.1) is 17.7 Å². The fourth-order valence-corrected chi connectivity index (χ4v) is 2.69. The summed E-state index contributed by atoms with van der Waals surface area (Å²) in [6.45, 7) is 12.1. The molecule has 20 heavy (non-hydrogen) atoms. The van der Waals surface area contributed by atoms with Gasteiger partial charge in [0.1, 0.15) is 12.1 Å². The van der Waals surface area contributed by atoms with Crippen LogP contribution in [-0.2, 0) is 4.74 Å². The predicted octanol–water partition coefficient (Wildman–Crippen LogP) is 3.29. The first-order chi connectivity index (χ1) is 9.38. The van der Waals surface area contributed by atoms with Crippen LogP contribution >= 0.6 is 11.6 Å². The number of aliphatic hydroxyl groups excluding tert-OH is 1. The number of halogens is 1. The van der Waals surface area contributed by atoms with Gasteiger partial charge in [-0.15, -0.1) is 0 Å². The number of hydrogen-bond donors (Lipinski definition) is 1. The van der Waals surface area contributed by atoms with Crippen LogP contribution in [0.4, 0.5) is 16.2 Å². The average Bonchev–Trinajstić information content (AvgIpc) is 2.67. The summed E-state index contributed by atoms with van der Waals surface area (Å²) in [5.41, 5.74) is 1.52. The van der Waals surface area contributed by atoms with E-state index in [4.69, 9.17) is 22.9 Å². The smallest absolute Gasteiger partial charge is 0.415 e. The highest BCUT2D eigenvalue weighted by molar-refractivity contribution is 6.34. The molecule has 1 aromatic carbocycles. The Morgan fingerprint density at radius 1 is 1.55 bits per heavy atom. The largest absolute Gasteiger partial charge is 0.444 e. The maximum atomic E-state index is 12.0. The number of carbonyl (C=O) groups is 1. The van der Waals surface area contributed by atoms with E-state index in [0.717, 1.165) is 0 Å². The number of anilines is 1. The number of carbonyl (C=O) groups excluding carboxylic acids is 1. The maximum absolute atomic E-state index is 12.0. The van der Waals surface area contributed by atoms with Crippen LogP contribution in [0.25, 0.3) is 4.85 Å². The van der Waals surface area contributed by atoms with Gasteiger partial charge in [-0.1, -0.05) is 17.7 Å². The van der Waals surface area contributed by atoms with Crippen molar-refractivity contribution in [3.63, 3.8) is 0 Å². The van der Waals surface area contributed by atoms with E-state index < -0.39 is 24.3 Å². The second kappa shape index (κ2) is 5.31. The summed E-state index contributed by atoms with van der Waals surface area (Å²) in [7, 11) is 0. The van der Waals surface area contributed by atoms with Crippen molar-refractivity contribution in [2.45, 2.75) is 39.0 Å². The van der Waals surface area contributed by atoms with Crippen LogP contribution < -0.4 is 4.90 Å². The highest BCUT2D eigenvalue weighted by Crippen LogP contribution is 2.38. The van der Waals surface area contributed by atoms with E-state index in [0.29, 0.717) is 22.0 Å². The van der Waals surface area contributed by atoms with E-state index in [2.05, 4.69) is 4.85 Å². The maximum Gasteiger partial charge on any atom is 0.415 e. The molecule has 2 rings (SSSR count). The fraction of sp³-hybridized carbons (Fsp3) is 0.429. The van der Waals surface area contributed by atoms with Crippen LogP contribution in [-0.4, -0.2) is 29.4 Å². The van der Waals surface area contributed by atoms with Crippen LogP contribution in [0.1, 0.15) is 19.4 Å². The molecule has 5 nitrogen and oxygen atoms in total. The molecule has 0 aliphatic carbocycles. The normalized spacial score (nSPS) is 23.4. The number of benzene rings is 1. The van der Waals surface area contributed by atoms with E-state index in [1.165, 1.54) is 4.90 Å². The minimum absolute atomic E-state index is 0.314. The molecule has 0 bridgehead atoms. The van der Waals surface area contributed by atoms with Crippen molar-refractivity contribution in [1.82, 2.24) is 0 Å².